The number of nitrogens with one attached hydrogen (secondary N) is 1. The molecule has 1 aliphatic heterocycles. The van der Waals surface area contributed by atoms with Gasteiger partial charge in [-0.15, -0.1) is 11.3 Å². The smallest absolute Gasteiger partial charge is 0.223 e. The molecule has 3 N–H and O–H groups in total. The van der Waals surface area contributed by atoms with Crippen LogP contribution in [0.25, 0.3) is 6.08 Å². The van der Waals surface area contributed by atoms with Crippen LogP contribution >= 0.6 is 11.3 Å². The van der Waals surface area contributed by atoms with Crippen LogP contribution in [-0.4, -0.2) is 45.1 Å². The first-order valence-corrected chi connectivity index (χ1v) is 13.5. The van der Waals surface area contributed by atoms with E-state index in [2.05, 4.69) is 17.2 Å². The zero-order chi connectivity index (χ0) is 25.6. The third kappa shape index (κ3) is 7.72. The Morgan fingerprint density at radius 1 is 1.15 bits per heavy atom. The van der Waals surface area contributed by atoms with Crippen molar-refractivity contribution in [2.45, 2.75) is 105 Å². The van der Waals surface area contributed by atoms with Crippen molar-refractivity contribution in [1.29, 1.82) is 0 Å². The molecule has 6 nitrogen and oxygen atoms in total. The van der Waals surface area contributed by atoms with E-state index in [1.165, 1.54) is 0 Å². The fraction of sp³-hybridized carbons (Fsp3) is 0.741. The van der Waals surface area contributed by atoms with E-state index >= 15 is 0 Å². The molecule has 0 spiro atoms. The molecule has 1 aromatic rings. The van der Waals surface area contributed by atoms with Crippen LogP contribution in [0.15, 0.2) is 11.0 Å². The van der Waals surface area contributed by atoms with Crippen molar-refractivity contribution in [2.75, 3.05) is 0 Å². The molecule has 192 valence electrons. The molecule has 7 heteroatoms. The lowest BCUT2D eigenvalue weighted by Gasteiger charge is -2.35. The van der Waals surface area contributed by atoms with Gasteiger partial charge in [0.2, 0.25) is 5.91 Å². The summed E-state index contributed by atoms with van der Waals surface area (Å²) in [4.78, 5) is 30.7. The predicted molar refractivity (Wildman–Crippen MR) is 138 cm³/mol. The van der Waals surface area contributed by atoms with E-state index in [9.17, 15) is 19.8 Å². The third-order valence-electron chi connectivity index (χ3n) is 7.56. The Kier molecular flexibility index (Phi) is 10.5. The summed E-state index contributed by atoms with van der Waals surface area (Å²) in [7, 11) is 0. The number of nitrogens with zero attached hydrogens (tertiary/aromatic N) is 1. The summed E-state index contributed by atoms with van der Waals surface area (Å²) < 4.78 is 0. The van der Waals surface area contributed by atoms with Crippen LogP contribution in [0.4, 0.5) is 0 Å². The summed E-state index contributed by atoms with van der Waals surface area (Å²) >= 11 is 1.60. The van der Waals surface area contributed by atoms with Gasteiger partial charge in [0.25, 0.3) is 0 Å². The number of hydrogen-bond acceptors (Lipinski definition) is 6. The number of aromatic nitrogens is 1. The topological polar surface area (TPSA) is 99.5 Å². The van der Waals surface area contributed by atoms with Gasteiger partial charge in [-0.25, -0.2) is 4.98 Å². The summed E-state index contributed by atoms with van der Waals surface area (Å²) in [6, 6.07) is -0.157. The molecule has 0 aliphatic carbocycles. The van der Waals surface area contributed by atoms with Gasteiger partial charge in [0, 0.05) is 11.3 Å². The molecule has 1 fully saturated rings. The zero-order valence-corrected chi connectivity index (χ0v) is 22.7. The van der Waals surface area contributed by atoms with Crippen LogP contribution in [-0.2, 0) is 9.59 Å². The Bertz CT molecular complexity index is 863. The van der Waals surface area contributed by atoms with Crippen LogP contribution in [0.2, 0.25) is 0 Å². The molecule has 0 aromatic carbocycles. The first kappa shape index (κ1) is 28.7. The Labute approximate surface area is 209 Å². The molecule has 1 amide bonds. The highest BCUT2D eigenvalue weighted by Gasteiger charge is 2.42. The highest BCUT2D eigenvalue weighted by Crippen LogP contribution is 2.32. The van der Waals surface area contributed by atoms with Gasteiger partial charge < -0.3 is 15.5 Å². The minimum Gasteiger partial charge on any atom is -0.392 e. The second-order valence-electron chi connectivity index (χ2n) is 11.0. The first-order chi connectivity index (χ1) is 15.8. The van der Waals surface area contributed by atoms with Crippen molar-refractivity contribution in [3.63, 3.8) is 0 Å². The number of Topliss-reactive ketones (excluding diaryl/α,β-unsaturated/α-hetero) is 1. The highest BCUT2D eigenvalue weighted by atomic mass is 32.1. The molecular formula is C27H44N2O4S. The summed E-state index contributed by atoms with van der Waals surface area (Å²) in [5, 5.41) is 27.8. The van der Waals surface area contributed by atoms with Crippen molar-refractivity contribution in [3.05, 3.63) is 21.7 Å². The fourth-order valence-electron chi connectivity index (χ4n) is 4.83. The molecule has 0 bridgehead atoms. The Morgan fingerprint density at radius 2 is 1.82 bits per heavy atom. The molecule has 6 atom stereocenters. The summed E-state index contributed by atoms with van der Waals surface area (Å²) in [6.07, 6.45) is 4.60. The fourth-order valence-corrected chi connectivity index (χ4v) is 5.40. The number of amides is 1. The molecule has 1 saturated heterocycles. The molecule has 2 heterocycles. The quantitative estimate of drug-likeness (QED) is 0.544. The number of ketones is 1. The van der Waals surface area contributed by atoms with Crippen LogP contribution in [0.1, 0.15) is 90.8 Å². The summed E-state index contributed by atoms with van der Waals surface area (Å²) in [5.74, 6) is -0.613. The average molecular weight is 493 g/mol. The normalized spacial score (nSPS) is 32.9. The molecule has 2 rings (SSSR count). The monoisotopic (exact) mass is 492 g/mol. The number of rotatable bonds is 2. The van der Waals surface area contributed by atoms with Crippen molar-refractivity contribution >= 4 is 29.1 Å². The second kappa shape index (κ2) is 12.4. The van der Waals surface area contributed by atoms with Crippen LogP contribution in [0, 0.1) is 30.1 Å². The van der Waals surface area contributed by atoms with E-state index in [4.69, 9.17) is 0 Å². The molecular weight excluding hydrogens is 448 g/mol. The predicted octanol–water partition coefficient (Wildman–Crippen LogP) is 4.92. The van der Waals surface area contributed by atoms with E-state index in [-0.39, 0.29) is 30.1 Å². The number of thiazole rings is 1. The van der Waals surface area contributed by atoms with Crippen molar-refractivity contribution in [2.24, 2.45) is 23.2 Å². The van der Waals surface area contributed by atoms with Gasteiger partial charge in [0.1, 0.15) is 5.78 Å². The lowest BCUT2D eigenvalue weighted by Crippen LogP contribution is -2.47. The molecule has 0 saturated carbocycles. The van der Waals surface area contributed by atoms with E-state index in [1.807, 2.05) is 32.2 Å². The van der Waals surface area contributed by atoms with E-state index in [1.54, 1.807) is 32.1 Å². The highest BCUT2D eigenvalue weighted by molar-refractivity contribution is 7.09. The molecule has 1 aliphatic rings. The molecule has 1 aromatic heterocycles. The summed E-state index contributed by atoms with van der Waals surface area (Å²) in [5.41, 5.74) is 0.784. The maximum atomic E-state index is 13.2. The van der Waals surface area contributed by atoms with Crippen molar-refractivity contribution in [3.8, 4) is 0 Å². The number of aryl methyl sites for hydroxylation is 1. The lowest BCUT2D eigenvalue weighted by molar-refractivity contribution is -0.143. The Morgan fingerprint density at radius 3 is 2.44 bits per heavy atom. The average Bonchev–Trinajstić information content (AvgIpc) is 3.18. The molecule has 1 unspecified atom stereocenters. The van der Waals surface area contributed by atoms with E-state index < -0.39 is 23.5 Å². The van der Waals surface area contributed by atoms with Gasteiger partial charge in [-0.3, -0.25) is 9.59 Å². The van der Waals surface area contributed by atoms with Gasteiger partial charge >= 0.3 is 0 Å². The second-order valence-corrected chi connectivity index (χ2v) is 12.0. The van der Waals surface area contributed by atoms with Gasteiger partial charge in [0.15, 0.2) is 0 Å². The van der Waals surface area contributed by atoms with Gasteiger partial charge in [0.05, 0.1) is 40.8 Å². The zero-order valence-electron chi connectivity index (χ0n) is 21.9. The number of carbonyl (C=O) groups excluding carboxylic acids is 2. The minimum atomic E-state index is -1.14. The SMILES string of the molecule is C/C(=C\c1csc(C)n1)C1CC[C@@H](C)CCC[C@H](C)[C@H](O)[C@@H](C)C(=O)C(C)(C)[C@@H](O)CC(=O)N1. The summed E-state index contributed by atoms with van der Waals surface area (Å²) in [6.45, 7) is 13.3. The first-order valence-electron chi connectivity index (χ1n) is 12.6. The van der Waals surface area contributed by atoms with E-state index in [0.29, 0.717) is 5.92 Å². The maximum Gasteiger partial charge on any atom is 0.223 e. The minimum absolute atomic E-state index is 0.00482. The number of aliphatic hydroxyl groups excluding tert-OH is 2. The maximum absolute atomic E-state index is 13.2. The molecule has 0 radical (unpaired) electrons. The Balaban J connectivity index is 2.27. The Hall–Kier alpha value is -1.57. The standard InChI is InChI=1S/C27H44N2O4S/c1-16-9-8-10-17(2)25(32)19(4)26(33)27(6,7)23(30)14-24(31)29-22(12-11-16)18(3)13-21-15-34-20(5)28-21/h13,15-17,19,22-23,25,30,32H,8-12,14H2,1-7H3,(H,29,31)/b18-13+/t16-,17-,19+,22?,23-,25-/m0/s1. The van der Waals surface area contributed by atoms with Crippen molar-refractivity contribution in [1.82, 2.24) is 10.3 Å². The third-order valence-corrected chi connectivity index (χ3v) is 8.35. The van der Waals surface area contributed by atoms with Gasteiger partial charge in [-0.05, 0) is 56.6 Å². The van der Waals surface area contributed by atoms with E-state index in [0.717, 1.165) is 48.4 Å². The van der Waals surface area contributed by atoms with Gasteiger partial charge in [-0.1, -0.05) is 47.5 Å². The number of aliphatic hydroxyl groups is 2. The largest absolute Gasteiger partial charge is 0.392 e. The van der Waals surface area contributed by atoms with Crippen LogP contribution in [0.5, 0.6) is 0 Å². The number of hydrogen-bond donors (Lipinski definition) is 3. The lowest BCUT2D eigenvalue weighted by atomic mass is 9.72. The number of carbonyl (C=O) groups is 2. The molecule has 34 heavy (non-hydrogen) atoms. The van der Waals surface area contributed by atoms with Crippen LogP contribution in [0.3, 0.4) is 0 Å². The van der Waals surface area contributed by atoms with Crippen LogP contribution < -0.4 is 5.32 Å². The van der Waals surface area contributed by atoms with Gasteiger partial charge in [-0.2, -0.15) is 0 Å². The van der Waals surface area contributed by atoms with Crippen molar-refractivity contribution < 1.29 is 19.8 Å².